The number of alkyl halides is 3. The number of carbonyl (C=O) groups is 1. The van der Waals surface area contributed by atoms with Crippen molar-refractivity contribution in [1.82, 2.24) is 4.72 Å². The number of nitrogens with one attached hydrogen (secondary N) is 1. The first kappa shape index (κ1) is 17.8. The van der Waals surface area contributed by atoms with Gasteiger partial charge >= 0.3 is 6.18 Å². The molecule has 0 aliphatic carbocycles. The van der Waals surface area contributed by atoms with E-state index in [9.17, 15) is 22.2 Å². The summed E-state index contributed by atoms with van der Waals surface area (Å²) in [5.74, 6) is -0.642. The Hall–Kier alpha value is -1.21. The van der Waals surface area contributed by atoms with Crippen LogP contribution in [-0.2, 0) is 11.0 Å². The molecule has 7 heteroatoms. The molecule has 21 heavy (non-hydrogen) atoms. The van der Waals surface area contributed by atoms with Crippen LogP contribution in [-0.4, -0.2) is 27.0 Å². The average molecular weight is 321 g/mol. The molecule has 1 aromatic rings. The van der Waals surface area contributed by atoms with Crippen molar-refractivity contribution < 1.29 is 22.2 Å². The number of ketones is 1. The second kappa shape index (κ2) is 6.70. The Labute approximate surface area is 124 Å². The Bertz CT molecular complexity index is 509. The van der Waals surface area contributed by atoms with Gasteiger partial charge in [0, 0.05) is 12.0 Å². The lowest BCUT2D eigenvalue weighted by Crippen LogP contribution is -2.48. The summed E-state index contributed by atoms with van der Waals surface area (Å²) in [6.07, 6.45) is -5.43. The number of halogens is 3. The number of hydrogen-bond acceptors (Lipinski definition) is 2. The standard InChI is InChI=1S/C14H18F3NO2S/c1-13(2,3)21(20)18-12(14(15,16)17)9-11(19)10-7-5-4-6-8-10/h4-8,12,18H,9H2,1-3H3/t12?,21-/m0/s1. The number of benzene rings is 1. The van der Waals surface area contributed by atoms with Crippen molar-refractivity contribution in [3.63, 3.8) is 0 Å². The highest BCUT2D eigenvalue weighted by molar-refractivity contribution is 7.84. The van der Waals surface area contributed by atoms with Crippen LogP contribution in [0.4, 0.5) is 13.2 Å². The van der Waals surface area contributed by atoms with E-state index in [4.69, 9.17) is 0 Å². The lowest BCUT2D eigenvalue weighted by Gasteiger charge is -2.25. The quantitative estimate of drug-likeness (QED) is 0.846. The number of rotatable bonds is 5. The van der Waals surface area contributed by atoms with Gasteiger partial charge in [0.25, 0.3) is 0 Å². The van der Waals surface area contributed by atoms with Crippen LogP contribution in [0.25, 0.3) is 0 Å². The third-order valence-electron chi connectivity index (χ3n) is 2.69. The van der Waals surface area contributed by atoms with Crippen molar-refractivity contribution in [1.29, 1.82) is 0 Å². The second-order valence-electron chi connectivity index (χ2n) is 5.59. The maximum Gasteiger partial charge on any atom is 0.405 e. The summed E-state index contributed by atoms with van der Waals surface area (Å²) in [6.45, 7) is 4.67. The molecule has 0 amide bonds. The molecule has 0 radical (unpaired) electrons. The van der Waals surface area contributed by atoms with Gasteiger partial charge in [-0.2, -0.15) is 13.2 Å². The van der Waals surface area contributed by atoms with Gasteiger partial charge in [0.2, 0.25) is 0 Å². The zero-order valence-electron chi connectivity index (χ0n) is 12.0. The number of Topliss-reactive ketones (excluding diaryl/α,β-unsaturated/α-hetero) is 1. The molecule has 0 saturated carbocycles. The van der Waals surface area contributed by atoms with Crippen molar-refractivity contribution in [2.75, 3.05) is 0 Å². The van der Waals surface area contributed by atoms with Crippen LogP contribution in [0.15, 0.2) is 30.3 Å². The fourth-order valence-electron chi connectivity index (χ4n) is 1.46. The predicted molar refractivity (Wildman–Crippen MR) is 76.3 cm³/mol. The lowest BCUT2D eigenvalue weighted by molar-refractivity contribution is -0.150. The van der Waals surface area contributed by atoms with Crippen LogP contribution in [0.2, 0.25) is 0 Å². The summed E-state index contributed by atoms with van der Waals surface area (Å²) in [5, 5.41) is 0. The van der Waals surface area contributed by atoms with Gasteiger partial charge < -0.3 is 0 Å². The molecule has 0 aromatic heterocycles. The fourth-order valence-corrected chi connectivity index (χ4v) is 2.29. The third kappa shape index (κ3) is 5.59. The predicted octanol–water partition coefficient (Wildman–Crippen LogP) is 3.24. The normalized spacial score (nSPS) is 15.5. The topological polar surface area (TPSA) is 46.2 Å². The third-order valence-corrected chi connectivity index (χ3v) is 4.30. The van der Waals surface area contributed by atoms with Crippen LogP contribution in [0, 0.1) is 0 Å². The summed E-state index contributed by atoms with van der Waals surface area (Å²) in [7, 11) is -1.91. The van der Waals surface area contributed by atoms with E-state index in [0.717, 1.165) is 0 Å². The SMILES string of the molecule is CC(C)(C)[S@](=O)NC(CC(=O)c1ccccc1)C(F)(F)F. The maximum atomic E-state index is 13.0. The van der Waals surface area contributed by atoms with Gasteiger partial charge in [-0.25, -0.2) is 8.93 Å². The molecular weight excluding hydrogens is 303 g/mol. The van der Waals surface area contributed by atoms with Crippen molar-refractivity contribution >= 4 is 16.8 Å². The number of carbonyl (C=O) groups excluding carboxylic acids is 1. The summed E-state index contributed by atoms with van der Waals surface area (Å²) < 4.78 is 52.0. The van der Waals surface area contributed by atoms with E-state index in [2.05, 4.69) is 0 Å². The van der Waals surface area contributed by atoms with E-state index in [1.54, 1.807) is 39.0 Å². The monoisotopic (exact) mass is 321 g/mol. The summed E-state index contributed by atoms with van der Waals surface area (Å²) >= 11 is 0. The molecule has 0 saturated heterocycles. The Balaban J connectivity index is 2.86. The lowest BCUT2D eigenvalue weighted by atomic mass is 10.0. The molecule has 0 aliphatic heterocycles. The van der Waals surface area contributed by atoms with E-state index in [-0.39, 0.29) is 5.56 Å². The summed E-state index contributed by atoms with van der Waals surface area (Å²) in [4.78, 5) is 11.9. The molecule has 1 N–H and O–H groups in total. The molecule has 0 fully saturated rings. The second-order valence-corrected chi connectivity index (χ2v) is 7.58. The minimum atomic E-state index is -4.65. The Morgan fingerprint density at radius 1 is 1.19 bits per heavy atom. The molecule has 1 aromatic carbocycles. The minimum absolute atomic E-state index is 0.204. The zero-order valence-corrected chi connectivity index (χ0v) is 12.8. The number of hydrogen-bond donors (Lipinski definition) is 1. The van der Waals surface area contributed by atoms with Crippen LogP contribution >= 0.6 is 0 Å². The first-order chi connectivity index (χ1) is 9.51. The fraction of sp³-hybridized carbons (Fsp3) is 0.500. The van der Waals surface area contributed by atoms with Gasteiger partial charge in [0.15, 0.2) is 5.78 Å². The van der Waals surface area contributed by atoms with E-state index in [0.29, 0.717) is 0 Å². The van der Waals surface area contributed by atoms with Crippen LogP contribution in [0.1, 0.15) is 37.6 Å². The maximum absolute atomic E-state index is 13.0. The highest BCUT2D eigenvalue weighted by Crippen LogP contribution is 2.25. The van der Waals surface area contributed by atoms with Crippen molar-refractivity contribution in [3.05, 3.63) is 35.9 Å². The van der Waals surface area contributed by atoms with E-state index >= 15 is 0 Å². The molecule has 0 bridgehead atoms. The first-order valence-electron chi connectivity index (χ1n) is 6.35. The molecule has 2 atom stereocenters. The highest BCUT2D eigenvalue weighted by atomic mass is 32.2. The molecule has 0 aliphatic rings. The van der Waals surface area contributed by atoms with Gasteiger partial charge in [0.1, 0.15) is 6.04 Å². The van der Waals surface area contributed by atoms with Gasteiger partial charge in [0.05, 0.1) is 15.7 Å². The van der Waals surface area contributed by atoms with E-state index in [1.165, 1.54) is 12.1 Å². The van der Waals surface area contributed by atoms with Gasteiger partial charge in [-0.1, -0.05) is 30.3 Å². The van der Waals surface area contributed by atoms with Crippen molar-refractivity contribution in [2.45, 2.75) is 44.2 Å². The molecular formula is C14H18F3NO2S. The largest absolute Gasteiger partial charge is 0.405 e. The highest BCUT2D eigenvalue weighted by Gasteiger charge is 2.43. The molecule has 1 rings (SSSR count). The zero-order chi connectivity index (χ0) is 16.3. The van der Waals surface area contributed by atoms with Gasteiger partial charge in [-0.05, 0) is 20.8 Å². The van der Waals surface area contributed by atoms with Crippen LogP contribution < -0.4 is 4.72 Å². The molecule has 1 unspecified atom stereocenters. The molecule has 3 nitrogen and oxygen atoms in total. The van der Waals surface area contributed by atoms with Crippen LogP contribution in [0.5, 0.6) is 0 Å². The van der Waals surface area contributed by atoms with E-state index < -0.39 is 40.2 Å². The van der Waals surface area contributed by atoms with Crippen molar-refractivity contribution in [2.24, 2.45) is 0 Å². The molecule has 0 spiro atoms. The minimum Gasteiger partial charge on any atom is -0.294 e. The summed E-state index contributed by atoms with van der Waals surface area (Å²) in [5.41, 5.74) is 0.204. The van der Waals surface area contributed by atoms with Crippen LogP contribution in [0.3, 0.4) is 0 Å². The Kier molecular flexibility index (Phi) is 5.69. The Morgan fingerprint density at radius 2 is 1.71 bits per heavy atom. The smallest absolute Gasteiger partial charge is 0.294 e. The van der Waals surface area contributed by atoms with Gasteiger partial charge in [-0.15, -0.1) is 0 Å². The van der Waals surface area contributed by atoms with E-state index in [1.807, 2.05) is 4.72 Å². The molecule has 118 valence electrons. The Morgan fingerprint density at radius 3 is 2.14 bits per heavy atom. The molecule has 0 heterocycles. The first-order valence-corrected chi connectivity index (χ1v) is 7.50. The summed E-state index contributed by atoms with van der Waals surface area (Å²) in [6, 6.07) is 5.61. The van der Waals surface area contributed by atoms with Gasteiger partial charge in [-0.3, -0.25) is 4.79 Å². The average Bonchev–Trinajstić information content (AvgIpc) is 2.36. The van der Waals surface area contributed by atoms with Crippen molar-refractivity contribution in [3.8, 4) is 0 Å².